The van der Waals surface area contributed by atoms with E-state index >= 15 is 0 Å². The van der Waals surface area contributed by atoms with E-state index in [0.717, 1.165) is 32.8 Å². The summed E-state index contributed by atoms with van der Waals surface area (Å²) in [6, 6.07) is 11.6. The molecule has 3 nitrogen and oxygen atoms in total. The number of aryl methyl sites for hydroxylation is 1. The van der Waals surface area contributed by atoms with Crippen molar-refractivity contribution in [2.75, 3.05) is 18.2 Å². The van der Waals surface area contributed by atoms with E-state index in [2.05, 4.69) is 21.2 Å². The Hall–Kier alpha value is -1.68. The highest BCUT2D eigenvalue weighted by atomic mass is 79.9. The summed E-state index contributed by atoms with van der Waals surface area (Å²) in [5, 5.41) is 3.34. The van der Waals surface area contributed by atoms with Crippen molar-refractivity contribution in [3.63, 3.8) is 0 Å². The molecule has 0 spiro atoms. The first-order valence-corrected chi connectivity index (χ1v) is 6.35. The van der Waals surface area contributed by atoms with Crippen molar-refractivity contribution < 1.29 is 4.74 Å². The first kappa shape index (κ1) is 12.8. The van der Waals surface area contributed by atoms with E-state index in [0.29, 0.717) is 0 Å². The molecule has 0 aliphatic carbocycles. The van der Waals surface area contributed by atoms with E-state index in [9.17, 15) is 0 Å². The molecule has 0 heterocycles. The number of halogens is 1. The second kappa shape index (κ2) is 5.31. The topological polar surface area (TPSA) is 47.3 Å². The molecule has 2 aromatic carbocycles. The molecule has 3 N–H and O–H groups in total. The Morgan fingerprint density at radius 1 is 1.17 bits per heavy atom. The van der Waals surface area contributed by atoms with Gasteiger partial charge in [-0.25, -0.2) is 0 Å². The molecule has 4 heteroatoms. The summed E-state index contributed by atoms with van der Waals surface area (Å²) in [6.45, 7) is 2.04. The van der Waals surface area contributed by atoms with Gasteiger partial charge in [-0.2, -0.15) is 0 Å². The molecule has 0 atom stereocenters. The van der Waals surface area contributed by atoms with Crippen molar-refractivity contribution in [1.82, 2.24) is 0 Å². The fourth-order valence-electron chi connectivity index (χ4n) is 1.68. The maximum Gasteiger partial charge on any atom is 0.122 e. The highest BCUT2D eigenvalue weighted by Crippen LogP contribution is 2.28. The van der Waals surface area contributed by atoms with E-state index in [4.69, 9.17) is 10.5 Å². The Bertz CT molecular complexity index is 570. The third-order valence-electron chi connectivity index (χ3n) is 2.65. The predicted molar refractivity (Wildman–Crippen MR) is 79.6 cm³/mol. The van der Waals surface area contributed by atoms with Gasteiger partial charge in [-0.3, -0.25) is 0 Å². The van der Waals surface area contributed by atoms with E-state index in [1.807, 2.05) is 43.3 Å². The van der Waals surface area contributed by atoms with Crippen LogP contribution in [0.4, 0.5) is 17.1 Å². The molecule has 2 aromatic rings. The molecule has 0 aromatic heterocycles. The van der Waals surface area contributed by atoms with Crippen molar-refractivity contribution in [3.05, 3.63) is 46.4 Å². The van der Waals surface area contributed by atoms with Gasteiger partial charge in [-0.05, 0) is 36.8 Å². The lowest BCUT2D eigenvalue weighted by Crippen LogP contribution is -1.96. The molecule has 0 saturated carbocycles. The maximum atomic E-state index is 5.79. The van der Waals surface area contributed by atoms with E-state index < -0.39 is 0 Å². The molecule has 2 rings (SSSR count). The Kier molecular flexibility index (Phi) is 3.77. The van der Waals surface area contributed by atoms with E-state index in [1.54, 1.807) is 7.11 Å². The number of nitrogens with one attached hydrogen (secondary N) is 1. The standard InChI is InChI=1S/C14H15BrN2O/c1-9-3-4-11(16)7-14(9)17-12-5-10(15)6-13(8-12)18-2/h3-8,17H,16H2,1-2H3. The normalized spacial score (nSPS) is 10.2. The summed E-state index contributed by atoms with van der Waals surface area (Å²) in [4.78, 5) is 0. The molecule has 0 fully saturated rings. The first-order chi connectivity index (χ1) is 8.58. The third kappa shape index (κ3) is 2.96. The van der Waals surface area contributed by atoms with Crippen LogP contribution in [0, 0.1) is 6.92 Å². The van der Waals surface area contributed by atoms with Crippen LogP contribution in [0.1, 0.15) is 5.56 Å². The van der Waals surface area contributed by atoms with Gasteiger partial charge in [0.15, 0.2) is 0 Å². The number of hydrogen-bond donors (Lipinski definition) is 2. The van der Waals surface area contributed by atoms with Gasteiger partial charge in [0.05, 0.1) is 7.11 Å². The van der Waals surface area contributed by atoms with Gasteiger partial charge >= 0.3 is 0 Å². The van der Waals surface area contributed by atoms with Crippen LogP contribution in [0.2, 0.25) is 0 Å². The largest absolute Gasteiger partial charge is 0.497 e. The van der Waals surface area contributed by atoms with Gasteiger partial charge in [0.25, 0.3) is 0 Å². The molecular weight excluding hydrogens is 292 g/mol. The third-order valence-corrected chi connectivity index (χ3v) is 3.11. The van der Waals surface area contributed by atoms with Crippen LogP contribution < -0.4 is 15.8 Å². The van der Waals surface area contributed by atoms with Gasteiger partial charge in [0.2, 0.25) is 0 Å². The lowest BCUT2D eigenvalue weighted by Gasteiger charge is -2.12. The van der Waals surface area contributed by atoms with Crippen LogP contribution in [-0.2, 0) is 0 Å². The zero-order chi connectivity index (χ0) is 13.1. The minimum absolute atomic E-state index is 0.741. The monoisotopic (exact) mass is 306 g/mol. The summed E-state index contributed by atoms with van der Waals surface area (Å²) in [5.74, 6) is 0.799. The Balaban J connectivity index is 2.33. The van der Waals surface area contributed by atoms with Gasteiger partial charge in [0.1, 0.15) is 5.75 Å². The molecule has 0 aliphatic rings. The molecule has 0 aliphatic heterocycles. The Morgan fingerprint density at radius 2 is 1.94 bits per heavy atom. The summed E-state index contributed by atoms with van der Waals surface area (Å²) < 4.78 is 6.20. The summed E-state index contributed by atoms with van der Waals surface area (Å²) in [7, 11) is 1.65. The number of hydrogen-bond acceptors (Lipinski definition) is 3. The van der Waals surface area contributed by atoms with Crippen molar-refractivity contribution >= 4 is 33.0 Å². The SMILES string of the molecule is COc1cc(Br)cc(Nc2cc(N)ccc2C)c1. The van der Waals surface area contributed by atoms with E-state index in [1.165, 1.54) is 0 Å². The average molecular weight is 307 g/mol. The smallest absolute Gasteiger partial charge is 0.122 e. The van der Waals surface area contributed by atoms with Crippen LogP contribution in [0.5, 0.6) is 5.75 Å². The van der Waals surface area contributed by atoms with Crippen LogP contribution in [0.25, 0.3) is 0 Å². The highest BCUT2D eigenvalue weighted by Gasteiger charge is 2.03. The fraction of sp³-hybridized carbons (Fsp3) is 0.143. The van der Waals surface area contributed by atoms with Gasteiger partial charge in [-0.1, -0.05) is 22.0 Å². The number of rotatable bonds is 3. The van der Waals surface area contributed by atoms with Crippen molar-refractivity contribution in [2.45, 2.75) is 6.92 Å². The van der Waals surface area contributed by atoms with Gasteiger partial charge < -0.3 is 15.8 Å². The Labute approximate surface area is 115 Å². The minimum Gasteiger partial charge on any atom is -0.497 e. The van der Waals surface area contributed by atoms with E-state index in [-0.39, 0.29) is 0 Å². The summed E-state index contributed by atoms with van der Waals surface area (Å²) >= 11 is 3.46. The van der Waals surface area contributed by atoms with Crippen molar-refractivity contribution in [2.24, 2.45) is 0 Å². The van der Waals surface area contributed by atoms with Gasteiger partial charge in [0, 0.05) is 27.6 Å². The maximum absolute atomic E-state index is 5.79. The zero-order valence-corrected chi connectivity index (χ0v) is 11.9. The lowest BCUT2D eigenvalue weighted by molar-refractivity contribution is 0.415. The zero-order valence-electron chi connectivity index (χ0n) is 10.3. The number of anilines is 3. The van der Waals surface area contributed by atoms with Gasteiger partial charge in [-0.15, -0.1) is 0 Å². The molecule has 94 valence electrons. The van der Waals surface area contributed by atoms with Crippen LogP contribution >= 0.6 is 15.9 Å². The number of ether oxygens (including phenoxy) is 1. The molecule has 0 bridgehead atoms. The van der Waals surface area contributed by atoms with Crippen LogP contribution in [0.15, 0.2) is 40.9 Å². The summed E-state index contributed by atoms with van der Waals surface area (Å²) in [5.41, 5.74) is 9.62. The number of nitrogens with two attached hydrogens (primary N) is 1. The molecular formula is C14H15BrN2O. The molecule has 0 radical (unpaired) electrons. The number of benzene rings is 2. The molecule has 0 saturated heterocycles. The second-order valence-electron chi connectivity index (χ2n) is 4.08. The first-order valence-electron chi connectivity index (χ1n) is 5.56. The molecule has 0 unspecified atom stereocenters. The van der Waals surface area contributed by atoms with Crippen molar-refractivity contribution in [3.8, 4) is 5.75 Å². The minimum atomic E-state index is 0.741. The second-order valence-corrected chi connectivity index (χ2v) is 4.99. The fourth-order valence-corrected chi connectivity index (χ4v) is 2.15. The number of methoxy groups -OCH3 is 1. The van der Waals surface area contributed by atoms with Crippen LogP contribution in [0.3, 0.4) is 0 Å². The Morgan fingerprint density at radius 3 is 2.67 bits per heavy atom. The quantitative estimate of drug-likeness (QED) is 0.840. The average Bonchev–Trinajstić information content (AvgIpc) is 2.33. The summed E-state index contributed by atoms with van der Waals surface area (Å²) in [6.07, 6.45) is 0. The predicted octanol–water partition coefficient (Wildman–Crippen LogP) is 4.09. The van der Waals surface area contributed by atoms with Crippen LogP contribution in [-0.4, -0.2) is 7.11 Å². The molecule has 0 amide bonds. The number of nitrogen functional groups attached to an aromatic ring is 1. The molecule has 18 heavy (non-hydrogen) atoms. The van der Waals surface area contributed by atoms with Crippen molar-refractivity contribution in [1.29, 1.82) is 0 Å². The highest BCUT2D eigenvalue weighted by molar-refractivity contribution is 9.10. The lowest BCUT2D eigenvalue weighted by atomic mass is 10.1.